The van der Waals surface area contributed by atoms with Gasteiger partial charge in [-0.15, -0.1) is 0 Å². The molecule has 118 valence electrons. The lowest BCUT2D eigenvalue weighted by atomic mass is 9.94. The number of benzene rings is 1. The van der Waals surface area contributed by atoms with Crippen LogP contribution in [0.1, 0.15) is 37.2 Å². The Labute approximate surface area is 126 Å². The van der Waals surface area contributed by atoms with Crippen molar-refractivity contribution in [2.24, 2.45) is 0 Å². The fraction of sp³-hybridized carbons (Fsp3) is 0.647. The molecule has 0 aromatic heterocycles. The van der Waals surface area contributed by atoms with E-state index in [0.29, 0.717) is 25.2 Å². The summed E-state index contributed by atoms with van der Waals surface area (Å²) in [6.45, 7) is 2.93. The zero-order valence-corrected chi connectivity index (χ0v) is 12.8. The van der Waals surface area contributed by atoms with Crippen molar-refractivity contribution in [2.45, 2.75) is 37.6 Å². The number of nitrogens with one attached hydrogen (secondary N) is 1. The minimum absolute atomic E-state index is 0.153. The first-order valence-electron chi connectivity index (χ1n) is 7.85. The average Bonchev–Trinajstić information content (AvgIpc) is 3.30. The maximum atomic E-state index is 13.4. The van der Waals surface area contributed by atoms with Crippen molar-refractivity contribution in [3.05, 3.63) is 35.6 Å². The Balaban J connectivity index is 1.77. The molecule has 1 aliphatic carbocycles. The van der Waals surface area contributed by atoms with Crippen LogP contribution in [0, 0.1) is 5.82 Å². The Hall–Kier alpha value is -0.970. The van der Waals surface area contributed by atoms with Gasteiger partial charge in [0.2, 0.25) is 0 Å². The molecule has 0 aliphatic heterocycles. The second-order valence-corrected chi connectivity index (χ2v) is 5.68. The van der Waals surface area contributed by atoms with Gasteiger partial charge in [0.05, 0.1) is 13.2 Å². The molecule has 0 amide bonds. The molecule has 21 heavy (non-hydrogen) atoms. The number of hydrogen-bond donors (Lipinski definition) is 1. The van der Waals surface area contributed by atoms with Gasteiger partial charge in [0.25, 0.3) is 0 Å². The standard InChI is InChI=1S/C17H26FNO2/c1-20-10-11-21-9-3-5-15(13-19-17-7-8-17)14-4-2-6-16(18)12-14/h2,4,6,12,15,17,19H,3,5,7-11,13H2,1H3. The fourth-order valence-electron chi connectivity index (χ4n) is 2.42. The summed E-state index contributed by atoms with van der Waals surface area (Å²) in [6, 6.07) is 7.66. The van der Waals surface area contributed by atoms with Gasteiger partial charge in [-0.25, -0.2) is 4.39 Å². The van der Waals surface area contributed by atoms with Crippen LogP contribution >= 0.6 is 0 Å². The van der Waals surface area contributed by atoms with E-state index in [1.807, 2.05) is 6.07 Å². The monoisotopic (exact) mass is 295 g/mol. The molecule has 4 heteroatoms. The molecule has 0 spiro atoms. The van der Waals surface area contributed by atoms with Gasteiger partial charge in [-0.05, 0) is 49.3 Å². The van der Waals surface area contributed by atoms with E-state index >= 15 is 0 Å². The molecule has 1 aliphatic rings. The van der Waals surface area contributed by atoms with Crippen molar-refractivity contribution >= 4 is 0 Å². The first-order chi connectivity index (χ1) is 10.3. The van der Waals surface area contributed by atoms with Crippen LogP contribution < -0.4 is 5.32 Å². The van der Waals surface area contributed by atoms with Crippen LogP contribution in [0.3, 0.4) is 0 Å². The van der Waals surface area contributed by atoms with Gasteiger partial charge in [0.1, 0.15) is 5.82 Å². The maximum Gasteiger partial charge on any atom is 0.123 e. The van der Waals surface area contributed by atoms with E-state index in [2.05, 4.69) is 5.32 Å². The minimum Gasteiger partial charge on any atom is -0.382 e. The van der Waals surface area contributed by atoms with Gasteiger partial charge >= 0.3 is 0 Å². The Kier molecular flexibility index (Phi) is 7.13. The van der Waals surface area contributed by atoms with Crippen LogP contribution in [0.2, 0.25) is 0 Å². The van der Waals surface area contributed by atoms with Crippen molar-refractivity contribution in [2.75, 3.05) is 33.5 Å². The summed E-state index contributed by atoms with van der Waals surface area (Å²) >= 11 is 0. The van der Waals surface area contributed by atoms with Crippen LogP contribution in [0.5, 0.6) is 0 Å². The molecule has 3 nitrogen and oxygen atoms in total. The minimum atomic E-state index is -0.153. The van der Waals surface area contributed by atoms with Crippen molar-refractivity contribution in [1.82, 2.24) is 5.32 Å². The topological polar surface area (TPSA) is 30.5 Å². The Morgan fingerprint density at radius 2 is 2.14 bits per heavy atom. The SMILES string of the molecule is COCCOCCCC(CNC1CC1)c1cccc(F)c1. The molecule has 1 aromatic rings. The Morgan fingerprint density at radius 1 is 1.29 bits per heavy atom. The number of ether oxygens (including phenoxy) is 2. The molecule has 0 saturated heterocycles. The summed E-state index contributed by atoms with van der Waals surface area (Å²) in [5, 5.41) is 3.55. The van der Waals surface area contributed by atoms with Crippen molar-refractivity contribution < 1.29 is 13.9 Å². The molecule has 1 N–H and O–H groups in total. The molecule has 1 saturated carbocycles. The van der Waals surface area contributed by atoms with E-state index in [1.165, 1.54) is 18.9 Å². The summed E-state index contributed by atoms with van der Waals surface area (Å²) in [6.07, 6.45) is 4.54. The number of halogens is 1. The highest BCUT2D eigenvalue weighted by Gasteiger charge is 2.22. The lowest BCUT2D eigenvalue weighted by Crippen LogP contribution is -2.24. The number of hydrogen-bond acceptors (Lipinski definition) is 3. The van der Waals surface area contributed by atoms with Gasteiger partial charge in [-0.3, -0.25) is 0 Å². The smallest absolute Gasteiger partial charge is 0.123 e. The summed E-state index contributed by atoms with van der Waals surface area (Å²) < 4.78 is 23.9. The maximum absolute atomic E-state index is 13.4. The predicted octanol–water partition coefficient (Wildman–Crippen LogP) is 3.10. The van der Waals surface area contributed by atoms with E-state index < -0.39 is 0 Å². The number of rotatable bonds is 11. The summed E-state index contributed by atoms with van der Waals surface area (Å²) in [4.78, 5) is 0. The third kappa shape index (κ3) is 6.55. The van der Waals surface area contributed by atoms with Gasteiger partial charge in [-0.2, -0.15) is 0 Å². The fourth-order valence-corrected chi connectivity index (χ4v) is 2.42. The van der Waals surface area contributed by atoms with Crippen molar-refractivity contribution in [3.8, 4) is 0 Å². The van der Waals surface area contributed by atoms with Crippen molar-refractivity contribution in [1.29, 1.82) is 0 Å². The largest absolute Gasteiger partial charge is 0.382 e. The zero-order chi connectivity index (χ0) is 14.9. The van der Waals surface area contributed by atoms with Gasteiger partial charge in [0, 0.05) is 26.3 Å². The summed E-state index contributed by atoms with van der Waals surface area (Å²) in [5.41, 5.74) is 1.08. The lowest BCUT2D eigenvalue weighted by molar-refractivity contribution is 0.0681. The highest BCUT2D eigenvalue weighted by molar-refractivity contribution is 5.21. The lowest BCUT2D eigenvalue weighted by Gasteiger charge is -2.18. The van der Waals surface area contributed by atoms with E-state index in [9.17, 15) is 4.39 Å². The highest BCUT2D eigenvalue weighted by Crippen LogP contribution is 2.24. The average molecular weight is 295 g/mol. The van der Waals surface area contributed by atoms with Crippen LogP contribution in [0.15, 0.2) is 24.3 Å². The molecule has 1 atom stereocenters. The second-order valence-electron chi connectivity index (χ2n) is 5.68. The third-order valence-corrected chi connectivity index (χ3v) is 3.82. The van der Waals surface area contributed by atoms with Gasteiger partial charge in [0.15, 0.2) is 0 Å². The predicted molar refractivity (Wildman–Crippen MR) is 82.1 cm³/mol. The van der Waals surface area contributed by atoms with E-state index in [4.69, 9.17) is 9.47 Å². The molecular formula is C17H26FNO2. The van der Waals surface area contributed by atoms with Crippen LogP contribution in [-0.2, 0) is 9.47 Å². The van der Waals surface area contributed by atoms with Gasteiger partial charge in [-0.1, -0.05) is 12.1 Å². The summed E-state index contributed by atoms with van der Waals surface area (Å²) in [5.74, 6) is 0.201. The Morgan fingerprint density at radius 3 is 2.86 bits per heavy atom. The van der Waals surface area contributed by atoms with Crippen LogP contribution in [-0.4, -0.2) is 39.5 Å². The van der Waals surface area contributed by atoms with Gasteiger partial charge < -0.3 is 14.8 Å². The first-order valence-corrected chi connectivity index (χ1v) is 7.85. The van der Waals surface area contributed by atoms with E-state index in [0.717, 1.165) is 31.6 Å². The Bertz CT molecular complexity index is 410. The van der Waals surface area contributed by atoms with Crippen LogP contribution in [0.4, 0.5) is 4.39 Å². The highest BCUT2D eigenvalue weighted by atomic mass is 19.1. The molecular weight excluding hydrogens is 269 g/mol. The third-order valence-electron chi connectivity index (χ3n) is 3.82. The van der Waals surface area contributed by atoms with Crippen molar-refractivity contribution in [3.63, 3.8) is 0 Å². The van der Waals surface area contributed by atoms with E-state index in [1.54, 1.807) is 19.2 Å². The molecule has 1 unspecified atom stereocenters. The molecule has 0 bridgehead atoms. The molecule has 0 radical (unpaired) electrons. The quantitative estimate of drug-likeness (QED) is 0.636. The van der Waals surface area contributed by atoms with E-state index in [-0.39, 0.29) is 5.82 Å². The second kappa shape index (κ2) is 9.13. The normalized spacial score (nSPS) is 16.1. The zero-order valence-electron chi connectivity index (χ0n) is 12.8. The van der Waals surface area contributed by atoms with Crippen LogP contribution in [0.25, 0.3) is 0 Å². The first kappa shape index (κ1) is 16.4. The summed E-state index contributed by atoms with van der Waals surface area (Å²) in [7, 11) is 1.67. The number of methoxy groups -OCH3 is 1. The molecule has 1 aromatic carbocycles. The molecule has 2 rings (SSSR count). The molecule has 0 heterocycles. The molecule has 1 fully saturated rings.